The SMILES string of the molecule is Cc1cccc(C(=O)Nc2nc3n(n2)[C@H](c2ccccc2)C=C(c2ccc(Cl)cc2)N3)c1. The predicted octanol–water partition coefficient (Wildman–Crippen LogP) is 5.55. The summed E-state index contributed by atoms with van der Waals surface area (Å²) in [7, 11) is 0. The van der Waals surface area contributed by atoms with Gasteiger partial charge in [0.1, 0.15) is 6.04 Å². The van der Waals surface area contributed by atoms with Crippen molar-refractivity contribution in [2.75, 3.05) is 10.6 Å². The minimum Gasteiger partial charge on any atom is -0.324 e. The first-order valence-corrected chi connectivity index (χ1v) is 10.6. The number of halogens is 1. The fourth-order valence-corrected chi connectivity index (χ4v) is 3.82. The van der Waals surface area contributed by atoms with Gasteiger partial charge < -0.3 is 5.32 Å². The number of carbonyl (C=O) groups is 1. The molecule has 0 unspecified atom stereocenters. The smallest absolute Gasteiger partial charge is 0.258 e. The van der Waals surface area contributed by atoms with Gasteiger partial charge in [-0.05, 0) is 48.4 Å². The first-order chi connectivity index (χ1) is 15.6. The summed E-state index contributed by atoms with van der Waals surface area (Å²) < 4.78 is 1.78. The fourth-order valence-electron chi connectivity index (χ4n) is 3.69. The molecule has 0 saturated heterocycles. The summed E-state index contributed by atoms with van der Waals surface area (Å²) in [6.07, 6.45) is 2.09. The zero-order chi connectivity index (χ0) is 22.1. The first-order valence-electron chi connectivity index (χ1n) is 10.2. The van der Waals surface area contributed by atoms with Crippen molar-refractivity contribution in [3.63, 3.8) is 0 Å². The van der Waals surface area contributed by atoms with Crippen LogP contribution in [0.25, 0.3) is 5.70 Å². The summed E-state index contributed by atoms with van der Waals surface area (Å²) in [5.74, 6) is 0.537. The molecule has 6 nitrogen and oxygen atoms in total. The number of aromatic nitrogens is 3. The molecule has 1 aliphatic heterocycles. The summed E-state index contributed by atoms with van der Waals surface area (Å²) >= 11 is 6.06. The van der Waals surface area contributed by atoms with Crippen LogP contribution in [0.2, 0.25) is 5.02 Å². The highest BCUT2D eigenvalue weighted by molar-refractivity contribution is 6.30. The van der Waals surface area contributed by atoms with Crippen LogP contribution in [0.3, 0.4) is 0 Å². The summed E-state index contributed by atoms with van der Waals surface area (Å²) in [6.45, 7) is 1.95. The molecule has 0 fully saturated rings. The molecule has 4 aromatic rings. The number of hydrogen-bond donors (Lipinski definition) is 2. The fraction of sp³-hybridized carbons (Fsp3) is 0.0800. The quantitative estimate of drug-likeness (QED) is 0.435. The van der Waals surface area contributed by atoms with E-state index in [1.807, 2.05) is 79.7 Å². The van der Waals surface area contributed by atoms with Crippen molar-refractivity contribution >= 4 is 35.1 Å². The molecule has 158 valence electrons. The highest BCUT2D eigenvalue weighted by atomic mass is 35.5. The third-order valence-corrected chi connectivity index (χ3v) is 5.52. The zero-order valence-electron chi connectivity index (χ0n) is 17.3. The Kier molecular flexibility index (Phi) is 5.21. The summed E-state index contributed by atoms with van der Waals surface area (Å²) in [6, 6.07) is 24.9. The maximum Gasteiger partial charge on any atom is 0.258 e. The van der Waals surface area contributed by atoms with E-state index in [0.29, 0.717) is 16.5 Å². The lowest BCUT2D eigenvalue weighted by Gasteiger charge is -2.24. The number of benzene rings is 3. The Morgan fingerprint density at radius 1 is 1.03 bits per heavy atom. The predicted molar refractivity (Wildman–Crippen MR) is 127 cm³/mol. The lowest BCUT2D eigenvalue weighted by Crippen LogP contribution is -2.20. The lowest BCUT2D eigenvalue weighted by molar-refractivity contribution is 0.102. The molecule has 0 radical (unpaired) electrons. The monoisotopic (exact) mass is 441 g/mol. The van der Waals surface area contributed by atoms with Gasteiger partial charge in [-0.3, -0.25) is 10.1 Å². The minimum absolute atomic E-state index is 0.185. The Labute approximate surface area is 190 Å². The van der Waals surface area contributed by atoms with Crippen LogP contribution in [0.15, 0.2) is 84.9 Å². The van der Waals surface area contributed by atoms with E-state index in [1.54, 1.807) is 10.7 Å². The Morgan fingerprint density at radius 3 is 2.56 bits per heavy atom. The molecule has 2 heterocycles. The number of carbonyl (C=O) groups excluding carboxylic acids is 1. The van der Waals surface area contributed by atoms with Crippen LogP contribution in [0.5, 0.6) is 0 Å². The molecule has 3 aromatic carbocycles. The van der Waals surface area contributed by atoms with Gasteiger partial charge in [-0.15, -0.1) is 5.10 Å². The van der Waals surface area contributed by atoms with Gasteiger partial charge in [-0.2, -0.15) is 4.98 Å². The number of hydrogen-bond acceptors (Lipinski definition) is 4. The minimum atomic E-state index is -0.251. The van der Waals surface area contributed by atoms with Crippen molar-refractivity contribution in [1.29, 1.82) is 0 Å². The van der Waals surface area contributed by atoms with E-state index in [1.165, 1.54) is 0 Å². The topological polar surface area (TPSA) is 71.8 Å². The molecule has 1 aromatic heterocycles. The Hall–Kier alpha value is -3.90. The van der Waals surface area contributed by atoms with Crippen LogP contribution in [0.4, 0.5) is 11.9 Å². The van der Waals surface area contributed by atoms with Gasteiger partial charge in [0.05, 0.1) is 0 Å². The first kappa shape index (κ1) is 20.0. The Balaban J connectivity index is 1.50. The molecule has 0 aliphatic carbocycles. The van der Waals surface area contributed by atoms with Crippen molar-refractivity contribution in [3.8, 4) is 0 Å². The third kappa shape index (κ3) is 4.00. The number of amides is 1. The van der Waals surface area contributed by atoms with Gasteiger partial charge >= 0.3 is 0 Å². The normalized spacial score (nSPS) is 14.8. The van der Waals surface area contributed by atoms with Crippen LogP contribution in [0.1, 0.15) is 33.1 Å². The van der Waals surface area contributed by atoms with E-state index in [2.05, 4.69) is 26.8 Å². The number of fused-ring (bicyclic) bond motifs is 1. The number of rotatable bonds is 4. The molecule has 0 saturated carbocycles. The number of nitrogens with one attached hydrogen (secondary N) is 2. The molecule has 0 bridgehead atoms. The molecule has 1 aliphatic rings. The number of allylic oxidation sites excluding steroid dienone is 1. The maximum absolute atomic E-state index is 12.7. The van der Waals surface area contributed by atoms with Crippen molar-refractivity contribution in [2.24, 2.45) is 0 Å². The highest BCUT2D eigenvalue weighted by Crippen LogP contribution is 2.33. The van der Waals surface area contributed by atoms with E-state index < -0.39 is 0 Å². The molecule has 7 heteroatoms. The second-order valence-corrected chi connectivity index (χ2v) is 8.03. The van der Waals surface area contributed by atoms with Crippen LogP contribution >= 0.6 is 11.6 Å². The van der Waals surface area contributed by atoms with E-state index >= 15 is 0 Å². The summed E-state index contributed by atoms with van der Waals surface area (Å²) in [4.78, 5) is 17.3. The third-order valence-electron chi connectivity index (χ3n) is 5.27. The zero-order valence-corrected chi connectivity index (χ0v) is 18.0. The largest absolute Gasteiger partial charge is 0.324 e. The van der Waals surface area contributed by atoms with Crippen molar-refractivity contribution in [3.05, 3.63) is 112 Å². The average molecular weight is 442 g/mol. The van der Waals surface area contributed by atoms with Crippen molar-refractivity contribution in [1.82, 2.24) is 14.8 Å². The van der Waals surface area contributed by atoms with Gasteiger partial charge in [-0.1, -0.05) is 71.8 Å². The van der Waals surface area contributed by atoms with E-state index in [-0.39, 0.29) is 17.9 Å². The van der Waals surface area contributed by atoms with Crippen molar-refractivity contribution < 1.29 is 4.79 Å². The van der Waals surface area contributed by atoms with E-state index in [4.69, 9.17) is 11.6 Å². The van der Waals surface area contributed by atoms with Gasteiger partial charge in [-0.25, -0.2) is 4.68 Å². The van der Waals surface area contributed by atoms with Crippen LogP contribution < -0.4 is 10.6 Å². The maximum atomic E-state index is 12.7. The number of anilines is 2. The Morgan fingerprint density at radius 2 is 1.81 bits per heavy atom. The molecular formula is C25H20ClN5O. The summed E-state index contributed by atoms with van der Waals surface area (Å²) in [5.41, 5.74) is 4.51. The van der Waals surface area contributed by atoms with Crippen LogP contribution in [0, 0.1) is 6.92 Å². The number of nitrogens with zero attached hydrogens (tertiary/aromatic N) is 3. The standard InChI is InChI=1S/C25H20ClN5O/c1-16-6-5-9-19(14-16)23(32)28-24-29-25-27-21(17-10-12-20(26)13-11-17)15-22(31(25)30-24)18-7-3-2-4-8-18/h2-15,22H,1H3,(H2,27,28,29,30,32)/t22-/m0/s1. The van der Waals surface area contributed by atoms with Crippen molar-refractivity contribution in [2.45, 2.75) is 13.0 Å². The van der Waals surface area contributed by atoms with E-state index in [0.717, 1.165) is 22.4 Å². The molecule has 1 amide bonds. The molecule has 5 rings (SSSR count). The van der Waals surface area contributed by atoms with Crippen LogP contribution in [-0.2, 0) is 0 Å². The Bertz CT molecular complexity index is 1310. The molecular weight excluding hydrogens is 422 g/mol. The second-order valence-electron chi connectivity index (χ2n) is 7.59. The van der Waals surface area contributed by atoms with Gasteiger partial charge in [0, 0.05) is 16.3 Å². The van der Waals surface area contributed by atoms with E-state index in [9.17, 15) is 4.79 Å². The molecule has 0 spiro atoms. The highest BCUT2D eigenvalue weighted by Gasteiger charge is 2.26. The van der Waals surface area contributed by atoms with Gasteiger partial charge in [0.2, 0.25) is 5.95 Å². The molecule has 32 heavy (non-hydrogen) atoms. The van der Waals surface area contributed by atoms with Gasteiger partial charge in [0.25, 0.3) is 11.9 Å². The molecule has 2 N–H and O–H groups in total. The van der Waals surface area contributed by atoms with Crippen LogP contribution in [-0.4, -0.2) is 20.7 Å². The lowest BCUT2D eigenvalue weighted by atomic mass is 10.0. The second kappa shape index (κ2) is 8.32. The number of aryl methyl sites for hydroxylation is 1. The van der Waals surface area contributed by atoms with Gasteiger partial charge in [0.15, 0.2) is 0 Å². The molecule has 1 atom stereocenters. The average Bonchev–Trinajstić information content (AvgIpc) is 3.21. The summed E-state index contributed by atoms with van der Waals surface area (Å²) in [5, 5.41) is 11.4.